The van der Waals surface area contributed by atoms with Gasteiger partial charge in [-0.05, 0) is 25.0 Å². The van der Waals surface area contributed by atoms with E-state index in [4.69, 9.17) is 17.4 Å². The highest BCUT2D eigenvalue weighted by molar-refractivity contribution is 7.91. The van der Waals surface area contributed by atoms with E-state index in [1.807, 2.05) is 0 Å². The molecule has 0 spiro atoms. The summed E-state index contributed by atoms with van der Waals surface area (Å²) in [6, 6.07) is 2.75. The number of nitrogens with two attached hydrogens (primary N) is 1. The first kappa shape index (κ1) is 15.0. The van der Waals surface area contributed by atoms with Crippen molar-refractivity contribution < 1.29 is 13.2 Å². The Kier molecular flexibility index (Phi) is 4.46. The number of halogens is 1. The summed E-state index contributed by atoms with van der Waals surface area (Å²) in [6.45, 7) is 0. The number of aromatic nitrogens is 1. The van der Waals surface area contributed by atoms with Crippen LogP contribution in [0.3, 0.4) is 0 Å². The molecule has 2 heterocycles. The molecule has 1 aromatic heterocycles. The SMILES string of the molecule is NNc1cc(C(=O)NC2CCS(=O)(=O)CC2)cc(Cl)n1. The number of nitrogens with zero attached hydrogens (tertiary/aromatic N) is 1. The third-order valence-electron chi connectivity index (χ3n) is 3.09. The van der Waals surface area contributed by atoms with E-state index in [0.29, 0.717) is 18.4 Å². The number of pyridine rings is 1. The van der Waals surface area contributed by atoms with Gasteiger partial charge in [0.2, 0.25) is 0 Å². The number of hydrogen-bond donors (Lipinski definition) is 3. The molecule has 110 valence electrons. The fourth-order valence-electron chi connectivity index (χ4n) is 2.01. The minimum Gasteiger partial charge on any atom is -0.349 e. The fraction of sp³-hybridized carbons (Fsp3) is 0.455. The molecule has 9 heteroatoms. The van der Waals surface area contributed by atoms with E-state index < -0.39 is 9.84 Å². The number of amides is 1. The van der Waals surface area contributed by atoms with E-state index in [0.717, 1.165) is 0 Å². The molecule has 4 N–H and O–H groups in total. The predicted molar refractivity (Wildman–Crippen MR) is 76.2 cm³/mol. The first-order chi connectivity index (χ1) is 9.39. The Hall–Kier alpha value is -1.38. The number of anilines is 1. The molecule has 20 heavy (non-hydrogen) atoms. The Morgan fingerprint density at radius 1 is 1.35 bits per heavy atom. The van der Waals surface area contributed by atoms with Crippen molar-refractivity contribution in [1.29, 1.82) is 0 Å². The first-order valence-electron chi connectivity index (χ1n) is 6.05. The maximum Gasteiger partial charge on any atom is 0.251 e. The van der Waals surface area contributed by atoms with Crippen LogP contribution in [0.15, 0.2) is 12.1 Å². The smallest absolute Gasteiger partial charge is 0.251 e. The Bertz CT molecular complexity index is 606. The van der Waals surface area contributed by atoms with Crippen molar-refractivity contribution >= 4 is 33.2 Å². The minimum absolute atomic E-state index is 0.102. The van der Waals surface area contributed by atoms with E-state index >= 15 is 0 Å². The van der Waals surface area contributed by atoms with Gasteiger partial charge in [0, 0.05) is 11.6 Å². The molecule has 1 saturated heterocycles. The van der Waals surface area contributed by atoms with Gasteiger partial charge >= 0.3 is 0 Å². The van der Waals surface area contributed by atoms with Gasteiger partial charge in [0.25, 0.3) is 5.91 Å². The molecule has 1 aromatic rings. The fourth-order valence-corrected chi connectivity index (χ4v) is 3.71. The van der Waals surface area contributed by atoms with Crippen LogP contribution in [0.25, 0.3) is 0 Å². The Morgan fingerprint density at radius 3 is 2.60 bits per heavy atom. The highest BCUT2D eigenvalue weighted by Gasteiger charge is 2.25. The molecule has 1 fully saturated rings. The molecule has 7 nitrogen and oxygen atoms in total. The molecular weight excluding hydrogens is 304 g/mol. The Balaban J connectivity index is 2.04. The van der Waals surface area contributed by atoms with Crippen molar-refractivity contribution in [2.75, 3.05) is 16.9 Å². The third kappa shape index (κ3) is 3.81. The predicted octanol–water partition coefficient (Wildman–Crippen LogP) is 0.328. The second kappa shape index (κ2) is 5.94. The van der Waals surface area contributed by atoms with Crippen LogP contribution in [0, 0.1) is 0 Å². The van der Waals surface area contributed by atoms with Crippen molar-refractivity contribution in [2.45, 2.75) is 18.9 Å². The van der Waals surface area contributed by atoms with Crippen LogP contribution in [0.5, 0.6) is 0 Å². The topological polar surface area (TPSA) is 114 Å². The first-order valence-corrected chi connectivity index (χ1v) is 8.25. The van der Waals surface area contributed by atoms with Crippen LogP contribution in [0.1, 0.15) is 23.2 Å². The van der Waals surface area contributed by atoms with Gasteiger partial charge in [0.15, 0.2) is 0 Å². The summed E-state index contributed by atoms with van der Waals surface area (Å²) >= 11 is 5.79. The summed E-state index contributed by atoms with van der Waals surface area (Å²) in [5.74, 6) is 5.40. The molecule has 1 aliphatic heterocycles. The zero-order valence-electron chi connectivity index (χ0n) is 10.6. The molecule has 2 rings (SSSR count). The number of nitrogen functional groups attached to an aromatic ring is 1. The standard InChI is InChI=1S/C11H15ClN4O3S/c12-9-5-7(6-10(15-9)16-13)11(17)14-8-1-3-20(18,19)4-2-8/h5-6,8H,1-4,13H2,(H,14,17)(H,15,16). The highest BCUT2D eigenvalue weighted by Crippen LogP contribution is 2.16. The van der Waals surface area contributed by atoms with Crippen LogP contribution in [0.4, 0.5) is 5.82 Å². The zero-order valence-corrected chi connectivity index (χ0v) is 12.2. The van der Waals surface area contributed by atoms with E-state index in [9.17, 15) is 13.2 Å². The number of rotatable bonds is 3. The molecular formula is C11H15ClN4O3S. The van der Waals surface area contributed by atoms with Crippen LogP contribution < -0.4 is 16.6 Å². The second-order valence-corrected chi connectivity index (χ2v) is 7.30. The summed E-state index contributed by atoms with van der Waals surface area (Å²) in [6.07, 6.45) is 0.851. The summed E-state index contributed by atoms with van der Waals surface area (Å²) in [5.41, 5.74) is 2.65. The molecule has 1 amide bonds. The monoisotopic (exact) mass is 318 g/mol. The van der Waals surface area contributed by atoms with E-state index in [1.54, 1.807) is 0 Å². The zero-order chi connectivity index (χ0) is 14.8. The third-order valence-corrected chi connectivity index (χ3v) is 5.00. The summed E-state index contributed by atoms with van der Waals surface area (Å²) in [7, 11) is -2.94. The molecule has 0 aromatic carbocycles. The Morgan fingerprint density at radius 2 is 2.00 bits per heavy atom. The van der Waals surface area contributed by atoms with Gasteiger partial charge in [-0.15, -0.1) is 0 Å². The van der Waals surface area contributed by atoms with Gasteiger partial charge in [-0.25, -0.2) is 19.2 Å². The number of hydrogen-bond acceptors (Lipinski definition) is 6. The van der Waals surface area contributed by atoms with Gasteiger partial charge in [-0.2, -0.15) is 0 Å². The normalized spacial score (nSPS) is 18.5. The summed E-state index contributed by atoms with van der Waals surface area (Å²) in [5, 5.41) is 2.94. The van der Waals surface area contributed by atoms with Crippen molar-refractivity contribution in [1.82, 2.24) is 10.3 Å². The number of sulfone groups is 1. The lowest BCUT2D eigenvalue weighted by molar-refractivity contribution is 0.0934. The minimum atomic E-state index is -2.94. The molecule has 0 bridgehead atoms. The van der Waals surface area contributed by atoms with Crippen molar-refractivity contribution in [3.05, 3.63) is 22.8 Å². The largest absolute Gasteiger partial charge is 0.349 e. The van der Waals surface area contributed by atoms with Crippen LogP contribution in [0.2, 0.25) is 5.15 Å². The molecule has 0 atom stereocenters. The number of carbonyl (C=O) groups is 1. The summed E-state index contributed by atoms with van der Waals surface area (Å²) in [4.78, 5) is 15.9. The quantitative estimate of drug-likeness (QED) is 0.420. The van der Waals surface area contributed by atoms with E-state index in [1.165, 1.54) is 12.1 Å². The van der Waals surface area contributed by atoms with Gasteiger partial charge in [0.05, 0.1) is 11.5 Å². The van der Waals surface area contributed by atoms with Crippen molar-refractivity contribution in [3.63, 3.8) is 0 Å². The molecule has 0 saturated carbocycles. The Labute approximate surface area is 121 Å². The maximum absolute atomic E-state index is 12.1. The highest BCUT2D eigenvalue weighted by atomic mass is 35.5. The average molecular weight is 319 g/mol. The average Bonchev–Trinajstić information content (AvgIpc) is 2.40. The number of nitrogens with one attached hydrogen (secondary N) is 2. The molecule has 0 radical (unpaired) electrons. The van der Waals surface area contributed by atoms with Crippen LogP contribution >= 0.6 is 11.6 Å². The van der Waals surface area contributed by atoms with Gasteiger partial charge in [-0.1, -0.05) is 11.6 Å². The number of hydrazine groups is 1. The number of carbonyl (C=O) groups excluding carboxylic acids is 1. The lowest BCUT2D eigenvalue weighted by Crippen LogP contribution is -2.40. The summed E-state index contributed by atoms with van der Waals surface area (Å²) < 4.78 is 22.6. The van der Waals surface area contributed by atoms with E-state index in [2.05, 4.69) is 15.7 Å². The molecule has 0 unspecified atom stereocenters. The molecule has 1 aliphatic rings. The van der Waals surface area contributed by atoms with Crippen LogP contribution in [-0.4, -0.2) is 36.9 Å². The van der Waals surface area contributed by atoms with Gasteiger partial charge in [0.1, 0.15) is 20.8 Å². The molecule has 0 aliphatic carbocycles. The van der Waals surface area contributed by atoms with Gasteiger partial charge < -0.3 is 10.7 Å². The van der Waals surface area contributed by atoms with Crippen LogP contribution in [-0.2, 0) is 9.84 Å². The van der Waals surface area contributed by atoms with Gasteiger partial charge in [-0.3, -0.25) is 4.79 Å². The van der Waals surface area contributed by atoms with Crippen molar-refractivity contribution in [3.8, 4) is 0 Å². The lowest BCUT2D eigenvalue weighted by atomic mass is 10.1. The van der Waals surface area contributed by atoms with E-state index in [-0.39, 0.29) is 34.4 Å². The second-order valence-electron chi connectivity index (χ2n) is 4.61. The maximum atomic E-state index is 12.1. The lowest BCUT2D eigenvalue weighted by Gasteiger charge is -2.23. The van der Waals surface area contributed by atoms with Crippen molar-refractivity contribution in [2.24, 2.45) is 5.84 Å².